The van der Waals surface area contributed by atoms with Crippen molar-refractivity contribution in [2.45, 2.75) is 18.4 Å². The minimum Gasteiger partial charge on any atom is -0.457 e. The van der Waals surface area contributed by atoms with Gasteiger partial charge in [0.15, 0.2) is 0 Å². The summed E-state index contributed by atoms with van der Waals surface area (Å²) in [7, 11) is 1.66. The largest absolute Gasteiger partial charge is 0.457 e. The second-order valence-electron chi connectivity index (χ2n) is 8.55. The van der Waals surface area contributed by atoms with E-state index in [1.54, 1.807) is 12.0 Å². The molecule has 2 aromatic carbocycles. The van der Waals surface area contributed by atoms with Crippen molar-refractivity contribution in [3.05, 3.63) is 73.1 Å². The molecule has 0 bridgehead atoms. The minimum absolute atomic E-state index is 0.0562. The van der Waals surface area contributed by atoms with Gasteiger partial charge >= 0.3 is 0 Å². The molecular formula is C27H28N6O3. The molecule has 2 heterocycles. The van der Waals surface area contributed by atoms with Crippen molar-refractivity contribution in [3.8, 4) is 28.7 Å². The summed E-state index contributed by atoms with van der Waals surface area (Å²) < 4.78 is 11.8. The van der Waals surface area contributed by atoms with Gasteiger partial charge in [0.05, 0.1) is 11.2 Å². The first-order valence-electron chi connectivity index (χ1n) is 11.6. The lowest BCUT2D eigenvalue weighted by Crippen LogP contribution is -2.51. The smallest absolute Gasteiger partial charge is 0.263 e. The molecule has 1 fully saturated rings. The Morgan fingerprint density at radius 2 is 1.81 bits per heavy atom. The van der Waals surface area contributed by atoms with Crippen LogP contribution in [-0.4, -0.2) is 53.1 Å². The maximum Gasteiger partial charge on any atom is 0.263 e. The van der Waals surface area contributed by atoms with Gasteiger partial charge in [-0.2, -0.15) is 5.26 Å². The number of nitrogens with two attached hydrogens (primary N) is 1. The summed E-state index contributed by atoms with van der Waals surface area (Å²) in [6, 6.07) is 19.0. The van der Waals surface area contributed by atoms with Gasteiger partial charge in [-0.1, -0.05) is 36.9 Å². The van der Waals surface area contributed by atoms with E-state index in [0.29, 0.717) is 55.4 Å². The Bertz CT molecular complexity index is 1260. The first-order valence-corrected chi connectivity index (χ1v) is 11.6. The predicted octanol–water partition coefficient (Wildman–Crippen LogP) is 4.02. The third kappa shape index (κ3) is 5.45. The quantitative estimate of drug-likeness (QED) is 0.363. The molecular weight excluding hydrogens is 456 g/mol. The number of likely N-dealkylation sites (tertiary alicyclic amines) is 1. The predicted molar refractivity (Wildman–Crippen MR) is 137 cm³/mol. The number of anilines is 2. The molecule has 184 valence electrons. The highest BCUT2D eigenvalue weighted by Gasteiger charge is 2.36. The van der Waals surface area contributed by atoms with E-state index in [9.17, 15) is 4.79 Å². The van der Waals surface area contributed by atoms with Crippen LogP contribution in [0.25, 0.3) is 11.1 Å². The summed E-state index contributed by atoms with van der Waals surface area (Å²) in [6.07, 6.45) is 2.62. The van der Waals surface area contributed by atoms with Gasteiger partial charge in [0, 0.05) is 26.7 Å². The molecule has 1 saturated heterocycles. The van der Waals surface area contributed by atoms with Crippen LogP contribution in [0.5, 0.6) is 11.5 Å². The number of methoxy groups -OCH3 is 1. The lowest BCUT2D eigenvalue weighted by molar-refractivity contribution is -0.131. The molecule has 1 amide bonds. The first kappa shape index (κ1) is 24.7. The summed E-state index contributed by atoms with van der Waals surface area (Å²) in [5.41, 5.74) is 7.22. The number of nitrogens with zero attached hydrogens (tertiary/aromatic N) is 4. The van der Waals surface area contributed by atoms with Gasteiger partial charge in [0.25, 0.3) is 5.91 Å². The number of benzene rings is 2. The number of aromatic nitrogens is 2. The summed E-state index contributed by atoms with van der Waals surface area (Å²) in [4.78, 5) is 22.5. The molecule has 0 atom stereocenters. The summed E-state index contributed by atoms with van der Waals surface area (Å²) >= 11 is 0. The molecule has 0 saturated carbocycles. The zero-order valence-electron chi connectivity index (χ0n) is 20.1. The van der Waals surface area contributed by atoms with E-state index in [1.165, 1.54) is 6.33 Å². The average molecular weight is 485 g/mol. The van der Waals surface area contributed by atoms with E-state index >= 15 is 0 Å². The van der Waals surface area contributed by atoms with E-state index < -0.39 is 5.60 Å². The maximum absolute atomic E-state index is 12.3. The second kappa shape index (κ2) is 10.9. The van der Waals surface area contributed by atoms with Crippen molar-refractivity contribution in [2.75, 3.05) is 37.8 Å². The van der Waals surface area contributed by atoms with Crippen LogP contribution < -0.4 is 15.8 Å². The van der Waals surface area contributed by atoms with Gasteiger partial charge in [-0.05, 0) is 42.7 Å². The van der Waals surface area contributed by atoms with E-state index in [-0.39, 0.29) is 11.5 Å². The number of carbonyl (C=O) groups is 1. The molecule has 4 rings (SSSR count). The molecule has 9 heteroatoms. The van der Waals surface area contributed by atoms with Crippen molar-refractivity contribution in [1.82, 2.24) is 14.9 Å². The van der Waals surface area contributed by atoms with Crippen molar-refractivity contribution >= 4 is 17.5 Å². The number of nitrogen functional groups attached to an aromatic ring is 1. The Morgan fingerprint density at radius 3 is 2.44 bits per heavy atom. The van der Waals surface area contributed by atoms with Crippen LogP contribution in [0.15, 0.2) is 73.1 Å². The molecule has 1 aromatic heterocycles. The Kier molecular flexibility index (Phi) is 7.47. The molecule has 1 aliphatic rings. The summed E-state index contributed by atoms with van der Waals surface area (Å²) in [6.45, 7) is 4.92. The number of piperidine rings is 1. The number of rotatable bonds is 8. The van der Waals surface area contributed by atoms with Crippen molar-refractivity contribution < 1.29 is 14.3 Å². The first-order chi connectivity index (χ1) is 17.4. The Balaban J connectivity index is 1.47. The van der Waals surface area contributed by atoms with E-state index in [1.807, 2.05) is 60.7 Å². The number of nitriles is 1. The number of hydrogen-bond donors (Lipinski definition) is 2. The van der Waals surface area contributed by atoms with Gasteiger partial charge in [0.1, 0.15) is 41.1 Å². The molecule has 0 spiro atoms. The monoisotopic (exact) mass is 484 g/mol. The standard InChI is InChI=1S/C27H28N6O3/c1-19(16-28)26(34)33-14-12-27(35-2,13-15-33)17-30-25-23(24(29)31-18-32-25)20-8-10-22(11-9-20)36-21-6-4-3-5-7-21/h3-11,18H,1,12-15,17H2,2H3,(H3,29,30,31,32). The molecule has 36 heavy (non-hydrogen) atoms. The van der Waals surface area contributed by atoms with Crippen LogP contribution in [0.2, 0.25) is 0 Å². The van der Waals surface area contributed by atoms with E-state index in [2.05, 4.69) is 21.9 Å². The van der Waals surface area contributed by atoms with Crippen LogP contribution in [0.3, 0.4) is 0 Å². The number of amides is 1. The number of ether oxygens (including phenoxy) is 2. The highest BCUT2D eigenvalue weighted by atomic mass is 16.5. The highest BCUT2D eigenvalue weighted by Crippen LogP contribution is 2.34. The Hall–Kier alpha value is -4.42. The SMILES string of the molecule is C=C(C#N)C(=O)N1CCC(CNc2ncnc(N)c2-c2ccc(Oc3ccccc3)cc2)(OC)CC1. The highest BCUT2D eigenvalue weighted by molar-refractivity contribution is 5.96. The normalized spacial score (nSPS) is 14.5. The van der Waals surface area contributed by atoms with Gasteiger partial charge in [-0.25, -0.2) is 9.97 Å². The van der Waals surface area contributed by atoms with Crippen molar-refractivity contribution in [1.29, 1.82) is 5.26 Å². The third-order valence-electron chi connectivity index (χ3n) is 6.36. The average Bonchev–Trinajstić information content (AvgIpc) is 2.92. The van der Waals surface area contributed by atoms with Crippen LogP contribution in [-0.2, 0) is 9.53 Å². The van der Waals surface area contributed by atoms with Crippen molar-refractivity contribution in [3.63, 3.8) is 0 Å². The van der Waals surface area contributed by atoms with Gasteiger partial charge < -0.3 is 25.4 Å². The van der Waals surface area contributed by atoms with Crippen LogP contribution in [0, 0.1) is 11.3 Å². The third-order valence-corrected chi connectivity index (χ3v) is 6.36. The molecule has 0 unspecified atom stereocenters. The molecule has 3 N–H and O–H groups in total. The van der Waals surface area contributed by atoms with Gasteiger partial charge in [-0.3, -0.25) is 4.79 Å². The Labute approximate surface area is 210 Å². The van der Waals surface area contributed by atoms with E-state index in [0.717, 1.165) is 11.3 Å². The zero-order chi connectivity index (χ0) is 25.5. The summed E-state index contributed by atoms with van der Waals surface area (Å²) in [5, 5.41) is 12.3. The molecule has 0 radical (unpaired) electrons. The number of hydrogen-bond acceptors (Lipinski definition) is 8. The number of nitrogens with one attached hydrogen (secondary N) is 1. The zero-order valence-corrected chi connectivity index (χ0v) is 20.1. The van der Waals surface area contributed by atoms with Gasteiger partial charge in [0.2, 0.25) is 0 Å². The number of carbonyl (C=O) groups excluding carboxylic acids is 1. The lowest BCUT2D eigenvalue weighted by atomic mass is 9.90. The fourth-order valence-corrected chi connectivity index (χ4v) is 4.19. The molecule has 9 nitrogen and oxygen atoms in total. The van der Waals surface area contributed by atoms with E-state index in [4.69, 9.17) is 20.5 Å². The van der Waals surface area contributed by atoms with Gasteiger partial charge in [-0.15, -0.1) is 0 Å². The fourth-order valence-electron chi connectivity index (χ4n) is 4.19. The molecule has 3 aromatic rings. The maximum atomic E-state index is 12.3. The number of para-hydroxylation sites is 1. The minimum atomic E-state index is -0.505. The van der Waals surface area contributed by atoms with Crippen LogP contribution >= 0.6 is 0 Å². The fraction of sp³-hybridized carbons (Fsp3) is 0.259. The Morgan fingerprint density at radius 1 is 1.14 bits per heavy atom. The molecule has 1 aliphatic heterocycles. The van der Waals surface area contributed by atoms with Crippen LogP contribution in [0.4, 0.5) is 11.6 Å². The summed E-state index contributed by atoms with van der Waals surface area (Å²) in [5.74, 6) is 2.07. The lowest BCUT2D eigenvalue weighted by Gasteiger charge is -2.41. The topological polar surface area (TPSA) is 126 Å². The van der Waals surface area contributed by atoms with Crippen LogP contribution in [0.1, 0.15) is 12.8 Å². The second-order valence-corrected chi connectivity index (χ2v) is 8.55. The molecule has 0 aliphatic carbocycles. The van der Waals surface area contributed by atoms with Crippen molar-refractivity contribution in [2.24, 2.45) is 0 Å².